The van der Waals surface area contributed by atoms with Gasteiger partial charge >= 0.3 is 0 Å². The molecular formula is C28H44O3. The maximum absolute atomic E-state index is 10.1. The van der Waals surface area contributed by atoms with Gasteiger partial charge in [0.2, 0.25) is 0 Å². The zero-order valence-electron chi connectivity index (χ0n) is 20.1. The molecule has 0 radical (unpaired) electrons. The average molecular weight is 429 g/mol. The van der Waals surface area contributed by atoms with Gasteiger partial charge in [0.15, 0.2) is 0 Å². The number of allylic oxidation sites excluding steroid dienone is 7. The van der Waals surface area contributed by atoms with E-state index in [2.05, 4.69) is 44.2 Å². The van der Waals surface area contributed by atoms with Gasteiger partial charge in [0.05, 0.1) is 17.8 Å². The molecule has 174 valence electrons. The number of aliphatic hydroxyl groups excluding tert-OH is 2. The van der Waals surface area contributed by atoms with Gasteiger partial charge in [-0.2, -0.15) is 0 Å². The molecule has 0 aromatic heterocycles. The van der Waals surface area contributed by atoms with Crippen molar-refractivity contribution in [3.63, 3.8) is 0 Å². The summed E-state index contributed by atoms with van der Waals surface area (Å²) in [6.45, 7) is 8.64. The molecule has 0 heterocycles. The Morgan fingerprint density at radius 2 is 1.90 bits per heavy atom. The standard InChI is InChI=1S/C28H44O3/c1-20(9-7-15-27(2,3)31)25-11-5-6-12-26-22(10-8-16-28(25,26)4)14-13-21-17-23(29)19-24(30)18-21/h5-6,11,13-14,20,23-24,26,29-31H,7-10,12,15-19H2,1-4H3/b22-14+/t20-,23-,24-,26+,28-/m1/s1. The molecule has 31 heavy (non-hydrogen) atoms. The minimum absolute atomic E-state index is 0.172. The summed E-state index contributed by atoms with van der Waals surface area (Å²) in [7, 11) is 0. The van der Waals surface area contributed by atoms with E-state index in [1.54, 1.807) is 5.57 Å². The first-order chi connectivity index (χ1) is 14.6. The molecule has 0 aliphatic heterocycles. The Hall–Kier alpha value is -1.16. The van der Waals surface area contributed by atoms with Crippen LogP contribution in [0.2, 0.25) is 0 Å². The second kappa shape index (κ2) is 10.2. The molecule has 0 saturated heterocycles. The van der Waals surface area contributed by atoms with Gasteiger partial charge in [-0.15, -0.1) is 0 Å². The van der Waals surface area contributed by atoms with Crippen LogP contribution in [0.25, 0.3) is 0 Å². The highest BCUT2D eigenvalue weighted by atomic mass is 16.3. The normalized spacial score (nSPS) is 34.2. The number of hydrogen-bond donors (Lipinski definition) is 3. The fraction of sp³-hybridized carbons (Fsp3) is 0.714. The summed E-state index contributed by atoms with van der Waals surface area (Å²) in [5.41, 5.74) is 3.86. The highest BCUT2D eigenvalue weighted by Gasteiger charge is 2.43. The fourth-order valence-electron chi connectivity index (χ4n) is 6.20. The Bertz CT molecular complexity index is 724. The van der Waals surface area contributed by atoms with Gasteiger partial charge in [0.25, 0.3) is 0 Å². The molecule has 2 saturated carbocycles. The first-order valence-electron chi connectivity index (χ1n) is 12.4. The largest absolute Gasteiger partial charge is 0.393 e. The summed E-state index contributed by atoms with van der Waals surface area (Å²) in [6.07, 6.45) is 20.2. The number of aliphatic hydroxyl groups is 3. The van der Waals surface area contributed by atoms with Crippen LogP contribution in [0.5, 0.6) is 0 Å². The van der Waals surface area contributed by atoms with Crippen molar-refractivity contribution in [2.75, 3.05) is 0 Å². The van der Waals surface area contributed by atoms with E-state index < -0.39 is 17.8 Å². The zero-order valence-corrected chi connectivity index (χ0v) is 20.1. The van der Waals surface area contributed by atoms with E-state index in [0.29, 0.717) is 31.1 Å². The highest BCUT2D eigenvalue weighted by molar-refractivity contribution is 5.34. The van der Waals surface area contributed by atoms with Crippen molar-refractivity contribution in [1.82, 2.24) is 0 Å². The van der Waals surface area contributed by atoms with Crippen molar-refractivity contribution >= 4 is 0 Å². The third-order valence-electron chi connectivity index (χ3n) is 7.85. The summed E-state index contributed by atoms with van der Waals surface area (Å²) in [4.78, 5) is 0. The monoisotopic (exact) mass is 428 g/mol. The van der Waals surface area contributed by atoms with Crippen LogP contribution in [-0.2, 0) is 0 Å². The van der Waals surface area contributed by atoms with E-state index in [0.717, 1.165) is 32.1 Å². The molecule has 0 aromatic rings. The van der Waals surface area contributed by atoms with E-state index in [-0.39, 0.29) is 5.41 Å². The van der Waals surface area contributed by atoms with E-state index in [1.807, 2.05) is 13.8 Å². The minimum Gasteiger partial charge on any atom is -0.393 e. The maximum Gasteiger partial charge on any atom is 0.0602 e. The first kappa shape index (κ1) is 24.5. The van der Waals surface area contributed by atoms with Crippen LogP contribution >= 0.6 is 0 Å². The highest BCUT2D eigenvalue weighted by Crippen LogP contribution is 2.54. The topological polar surface area (TPSA) is 60.7 Å². The molecule has 5 atom stereocenters. The van der Waals surface area contributed by atoms with Crippen molar-refractivity contribution in [3.8, 4) is 0 Å². The number of fused-ring (bicyclic) bond motifs is 1. The van der Waals surface area contributed by atoms with E-state index >= 15 is 0 Å². The molecule has 0 aromatic carbocycles. The van der Waals surface area contributed by atoms with Gasteiger partial charge in [-0.3, -0.25) is 0 Å². The number of hydrogen-bond acceptors (Lipinski definition) is 3. The molecule has 3 aliphatic rings. The zero-order chi connectivity index (χ0) is 22.6. The average Bonchev–Trinajstić information content (AvgIpc) is 2.83. The lowest BCUT2D eigenvalue weighted by molar-refractivity contribution is 0.0608. The Morgan fingerprint density at radius 3 is 2.58 bits per heavy atom. The van der Waals surface area contributed by atoms with Crippen LogP contribution in [-0.4, -0.2) is 33.1 Å². The molecule has 0 spiro atoms. The Balaban J connectivity index is 1.78. The first-order valence-corrected chi connectivity index (χ1v) is 12.4. The van der Waals surface area contributed by atoms with Gasteiger partial charge in [0, 0.05) is 0 Å². The summed E-state index contributed by atoms with van der Waals surface area (Å²) in [5.74, 6) is 1.03. The molecule has 2 fully saturated rings. The summed E-state index contributed by atoms with van der Waals surface area (Å²) >= 11 is 0. The molecule has 3 rings (SSSR count). The number of rotatable bonds is 6. The molecule has 3 nitrogen and oxygen atoms in total. The van der Waals surface area contributed by atoms with Gasteiger partial charge in [-0.25, -0.2) is 0 Å². The van der Waals surface area contributed by atoms with Crippen molar-refractivity contribution in [2.45, 2.75) is 110 Å². The van der Waals surface area contributed by atoms with Crippen LogP contribution in [0, 0.1) is 17.3 Å². The molecular weight excluding hydrogens is 384 g/mol. The fourth-order valence-corrected chi connectivity index (χ4v) is 6.20. The molecule has 3 N–H and O–H groups in total. The smallest absolute Gasteiger partial charge is 0.0602 e. The van der Waals surface area contributed by atoms with Gasteiger partial charge in [-0.05, 0) is 88.9 Å². The third kappa shape index (κ3) is 6.43. The van der Waals surface area contributed by atoms with Crippen LogP contribution in [0.4, 0.5) is 0 Å². The van der Waals surface area contributed by atoms with Gasteiger partial charge < -0.3 is 15.3 Å². The lowest BCUT2D eigenvalue weighted by Gasteiger charge is -2.46. The minimum atomic E-state index is -0.585. The lowest BCUT2D eigenvalue weighted by atomic mass is 9.58. The van der Waals surface area contributed by atoms with Crippen LogP contribution in [0.3, 0.4) is 0 Å². The van der Waals surface area contributed by atoms with Gasteiger partial charge in [0.1, 0.15) is 0 Å². The third-order valence-corrected chi connectivity index (χ3v) is 7.85. The molecule has 0 bridgehead atoms. The van der Waals surface area contributed by atoms with Gasteiger partial charge in [-0.1, -0.05) is 67.4 Å². The molecule has 0 amide bonds. The van der Waals surface area contributed by atoms with Crippen molar-refractivity contribution in [1.29, 1.82) is 0 Å². The second-order valence-electron chi connectivity index (χ2n) is 11.2. The lowest BCUT2D eigenvalue weighted by Crippen LogP contribution is -2.36. The predicted octanol–water partition coefficient (Wildman–Crippen LogP) is 6.01. The van der Waals surface area contributed by atoms with Crippen molar-refractivity contribution in [3.05, 3.63) is 47.1 Å². The van der Waals surface area contributed by atoms with E-state index in [1.165, 1.54) is 24.0 Å². The SMILES string of the molecule is C[C@H](CCCC(C)(C)O)C1=CC=CC[C@H]2/C(=C/C=C3C[C@@H](O)C[C@H](O)C3)CCC[C@]12C. The second-order valence-corrected chi connectivity index (χ2v) is 11.2. The van der Waals surface area contributed by atoms with Crippen molar-refractivity contribution < 1.29 is 15.3 Å². The predicted molar refractivity (Wildman–Crippen MR) is 129 cm³/mol. The Morgan fingerprint density at radius 1 is 1.19 bits per heavy atom. The van der Waals surface area contributed by atoms with E-state index in [9.17, 15) is 15.3 Å². The Kier molecular flexibility index (Phi) is 8.05. The van der Waals surface area contributed by atoms with Crippen molar-refractivity contribution in [2.24, 2.45) is 17.3 Å². The molecule has 0 unspecified atom stereocenters. The van der Waals surface area contributed by atoms with Crippen LogP contribution < -0.4 is 0 Å². The quantitative estimate of drug-likeness (QED) is 0.485. The van der Waals surface area contributed by atoms with Crippen LogP contribution in [0.1, 0.15) is 91.9 Å². The molecule has 3 aliphatic carbocycles. The maximum atomic E-state index is 10.1. The summed E-state index contributed by atoms with van der Waals surface area (Å²) < 4.78 is 0. The van der Waals surface area contributed by atoms with E-state index in [4.69, 9.17) is 0 Å². The van der Waals surface area contributed by atoms with Crippen LogP contribution in [0.15, 0.2) is 47.1 Å². The Labute approximate surface area is 189 Å². The summed E-state index contributed by atoms with van der Waals surface area (Å²) in [6, 6.07) is 0. The summed E-state index contributed by atoms with van der Waals surface area (Å²) in [5, 5.41) is 30.1. The molecule has 3 heteroatoms.